The molecular formula is C20H25NO4. The molecule has 2 aromatic carbocycles. The number of carbonyl (C=O) groups is 1. The van der Waals surface area contributed by atoms with E-state index in [1.165, 1.54) is 0 Å². The van der Waals surface area contributed by atoms with Crippen LogP contribution in [0.25, 0.3) is 0 Å². The minimum atomic E-state index is -0.837. The van der Waals surface area contributed by atoms with Gasteiger partial charge >= 0.3 is 5.97 Å². The molecule has 0 saturated heterocycles. The van der Waals surface area contributed by atoms with Gasteiger partial charge in [-0.05, 0) is 43.8 Å². The second-order valence-electron chi connectivity index (χ2n) is 6.14. The predicted molar refractivity (Wildman–Crippen MR) is 97.6 cm³/mol. The van der Waals surface area contributed by atoms with Crippen molar-refractivity contribution < 1.29 is 19.4 Å². The number of nitrogens with zero attached hydrogens (tertiary/aromatic N) is 1. The van der Waals surface area contributed by atoms with E-state index >= 15 is 0 Å². The topological polar surface area (TPSA) is 59.0 Å². The Morgan fingerprint density at radius 2 is 1.84 bits per heavy atom. The quantitative estimate of drug-likeness (QED) is 0.758. The van der Waals surface area contributed by atoms with Gasteiger partial charge in [-0.3, -0.25) is 4.79 Å². The summed E-state index contributed by atoms with van der Waals surface area (Å²) in [5.41, 5.74) is 1.69. The molecule has 0 radical (unpaired) electrons. The van der Waals surface area contributed by atoms with Gasteiger partial charge < -0.3 is 19.5 Å². The molecule has 0 aliphatic carbocycles. The molecule has 25 heavy (non-hydrogen) atoms. The zero-order valence-corrected chi connectivity index (χ0v) is 14.9. The summed E-state index contributed by atoms with van der Waals surface area (Å²) in [5, 5.41) is 9.58. The van der Waals surface area contributed by atoms with Crippen LogP contribution in [0.5, 0.6) is 11.5 Å². The van der Waals surface area contributed by atoms with Crippen molar-refractivity contribution in [1.29, 1.82) is 0 Å². The summed E-state index contributed by atoms with van der Waals surface area (Å²) in [6, 6.07) is 14.9. The van der Waals surface area contributed by atoms with Gasteiger partial charge in [0.1, 0.15) is 6.61 Å². The van der Waals surface area contributed by atoms with Crippen LogP contribution in [0, 0.1) is 0 Å². The highest BCUT2D eigenvalue weighted by atomic mass is 16.5. The summed E-state index contributed by atoms with van der Waals surface area (Å²) in [6.45, 7) is 1.37. The number of aliphatic carboxylic acids is 1. The Balaban J connectivity index is 2.14. The predicted octanol–water partition coefficient (Wildman–Crippen LogP) is 3.05. The number of ether oxygens (including phenoxy) is 2. The van der Waals surface area contributed by atoms with Crippen LogP contribution in [0.4, 0.5) is 0 Å². The number of rotatable bonds is 9. The molecule has 0 amide bonds. The van der Waals surface area contributed by atoms with Crippen LogP contribution in [-0.4, -0.2) is 50.3 Å². The van der Waals surface area contributed by atoms with Crippen LogP contribution in [0.3, 0.4) is 0 Å². The molecular weight excluding hydrogens is 318 g/mol. The molecule has 2 aromatic rings. The Labute approximate surface area is 148 Å². The normalized spacial score (nSPS) is 12.0. The molecule has 1 unspecified atom stereocenters. The number of carboxylic acid groups (broad SMARTS) is 1. The van der Waals surface area contributed by atoms with E-state index in [9.17, 15) is 9.90 Å². The largest absolute Gasteiger partial charge is 0.493 e. The molecule has 1 atom stereocenters. The number of carboxylic acids is 1. The van der Waals surface area contributed by atoms with Crippen molar-refractivity contribution in [2.24, 2.45) is 0 Å². The van der Waals surface area contributed by atoms with Crippen molar-refractivity contribution in [3.8, 4) is 11.5 Å². The first-order valence-corrected chi connectivity index (χ1v) is 8.23. The Kier molecular flexibility index (Phi) is 6.83. The molecule has 1 N–H and O–H groups in total. The summed E-state index contributed by atoms with van der Waals surface area (Å²) < 4.78 is 11.2. The Bertz CT molecular complexity index is 685. The van der Waals surface area contributed by atoms with Gasteiger partial charge in [-0.15, -0.1) is 0 Å². The average molecular weight is 343 g/mol. The van der Waals surface area contributed by atoms with Crippen molar-refractivity contribution in [2.45, 2.75) is 12.3 Å². The van der Waals surface area contributed by atoms with Crippen molar-refractivity contribution in [3.63, 3.8) is 0 Å². The Morgan fingerprint density at radius 1 is 1.12 bits per heavy atom. The third-order valence-electron chi connectivity index (χ3n) is 3.96. The minimum Gasteiger partial charge on any atom is -0.493 e. The fourth-order valence-corrected chi connectivity index (χ4v) is 2.57. The molecule has 0 aliphatic heterocycles. The summed E-state index contributed by atoms with van der Waals surface area (Å²) >= 11 is 0. The SMILES string of the molecule is COc1cc(CC(C(=O)O)c2ccccc2)ccc1OCCN(C)C. The molecule has 0 fully saturated rings. The molecule has 0 aromatic heterocycles. The third kappa shape index (κ3) is 5.50. The summed E-state index contributed by atoms with van der Waals surface area (Å²) in [5.74, 6) is -0.143. The summed E-state index contributed by atoms with van der Waals surface area (Å²) in [7, 11) is 5.56. The highest BCUT2D eigenvalue weighted by Crippen LogP contribution is 2.30. The second kappa shape index (κ2) is 9.08. The molecule has 0 bridgehead atoms. The average Bonchev–Trinajstić information content (AvgIpc) is 2.60. The van der Waals surface area contributed by atoms with Crippen molar-refractivity contribution in [2.75, 3.05) is 34.4 Å². The van der Waals surface area contributed by atoms with E-state index in [0.29, 0.717) is 24.5 Å². The highest BCUT2D eigenvalue weighted by molar-refractivity contribution is 5.76. The van der Waals surface area contributed by atoms with E-state index < -0.39 is 11.9 Å². The van der Waals surface area contributed by atoms with Gasteiger partial charge in [-0.2, -0.15) is 0 Å². The zero-order valence-electron chi connectivity index (χ0n) is 14.9. The van der Waals surface area contributed by atoms with Crippen molar-refractivity contribution in [3.05, 3.63) is 59.7 Å². The van der Waals surface area contributed by atoms with Gasteiger partial charge in [0.15, 0.2) is 11.5 Å². The van der Waals surface area contributed by atoms with Gasteiger partial charge in [-0.1, -0.05) is 36.4 Å². The van der Waals surface area contributed by atoms with E-state index in [0.717, 1.165) is 17.7 Å². The molecule has 0 heterocycles. The van der Waals surface area contributed by atoms with E-state index in [4.69, 9.17) is 9.47 Å². The fraction of sp³-hybridized carbons (Fsp3) is 0.350. The van der Waals surface area contributed by atoms with Crippen LogP contribution in [-0.2, 0) is 11.2 Å². The van der Waals surface area contributed by atoms with Crippen LogP contribution < -0.4 is 9.47 Å². The van der Waals surface area contributed by atoms with E-state index in [1.54, 1.807) is 7.11 Å². The van der Waals surface area contributed by atoms with Crippen LogP contribution in [0.15, 0.2) is 48.5 Å². The van der Waals surface area contributed by atoms with Crippen molar-refractivity contribution in [1.82, 2.24) is 4.90 Å². The minimum absolute atomic E-state index is 0.397. The standard InChI is InChI=1S/C20H25NO4/c1-21(2)11-12-25-18-10-9-15(14-19(18)24-3)13-17(20(22)23)16-7-5-4-6-8-16/h4-10,14,17H,11-13H2,1-3H3,(H,22,23). The zero-order chi connectivity index (χ0) is 18.2. The molecule has 2 rings (SSSR count). The van der Waals surface area contributed by atoms with Crippen LogP contribution >= 0.6 is 0 Å². The smallest absolute Gasteiger partial charge is 0.311 e. The van der Waals surface area contributed by atoms with Gasteiger partial charge in [0.05, 0.1) is 13.0 Å². The number of methoxy groups -OCH3 is 1. The molecule has 0 aliphatic rings. The van der Waals surface area contributed by atoms with Crippen LogP contribution in [0.1, 0.15) is 17.0 Å². The van der Waals surface area contributed by atoms with Crippen molar-refractivity contribution >= 4 is 5.97 Å². The first kappa shape index (κ1) is 18.8. The maximum absolute atomic E-state index is 11.7. The van der Waals surface area contributed by atoms with Gasteiger partial charge in [0.2, 0.25) is 0 Å². The van der Waals surface area contributed by atoms with Crippen LogP contribution in [0.2, 0.25) is 0 Å². The maximum atomic E-state index is 11.7. The number of benzene rings is 2. The van der Waals surface area contributed by atoms with E-state index in [-0.39, 0.29) is 0 Å². The lowest BCUT2D eigenvalue weighted by Gasteiger charge is -2.16. The van der Waals surface area contributed by atoms with Gasteiger partial charge in [0.25, 0.3) is 0 Å². The second-order valence-corrected chi connectivity index (χ2v) is 6.14. The van der Waals surface area contributed by atoms with Gasteiger partial charge in [0, 0.05) is 6.54 Å². The fourth-order valence-electron chi connectivity index (χ4n) is 2.57. The maximum Gasteiger partial charge on any atom is 0.311 e. The lowest BCUT2D eigenvalue weighted by molar-refractivity contribution is -0.138. The number of likely N-dealkylation sites (N-methyl/N-ethyl adjacent to an activating group) is 1. The number of hydrogen-bond donors (Lipinski definition) is 1. The molecule has 0 spiro atoms. The van der Waals surface area contributed by atoms with E-state index in [2.05, 4.69) is 0 Å². The first-order chi connectivity index (χ1) is 12.0. The summed E-state index contributed by atoms with van der Waals surface area (Å²) in [6.07, 6.45) is 0.397. The lowest BCUT2D eigenvalue weighted by Crippen LogP contribution is -2.19. The highest BCUT2D eigenvalue weighted by Gasteiger charge is 2.20. The molecule has 5 nitrogen and oxygen atoms in total. The van der Waals surface area contributed by atoms with E-state index in [1.807, 2.05) is 67.5 Å². The van der Waals surface area contributed by atoms with Gasteiger partial charge in [-0.25, -0.2) is 0 Å². The molecule has 0 saturated carbocycles. The monoisotopic (exact) mass is 343 g/mol. The third-order valence-corrected chi connectivity index (χ3v) is 3.96. The Hall–Kier alpha value is -2.53. The lowest BCUT2D eigenvalue weighted by atomic mass is 9.92. The Morgan fingerprint density at radius 3 is 2.44 bits per heavy atom. The molecule has 5 heteroatoms. The molecule has 134 valence electrons. The first-order valence-electron chi connectivity index (χ1n) is 8.23. The summed E-state index contributed by atoms with van der Waals surface area (Å²) in [4.78, 5) is 13.7. The number of hydrogen-bond acceptors (Lipinski definition) is 4.